The smallest absolute Gasteiger partial charge is 0.254 e. The van der Waals surface area contributed by atoms with Gasteiger partial charge in [-0.1, -0.05) is 0 Å². The second kappa shape index (κ2) is 8.98. The highest BCUT2D eigenvalue weighted by molar-refractivity contribution is 7.91. The number of hydrogen-bond donors (Lipinski definition) is 0. The molecule has 0 saturated carbocycles. The van der Waals surface area contributed by atoms with Crippen LogP contribution in [-0.2, 0) is 9.84 Å². The van der Waals surface area contributed by atoms with E-state index in [0.717, 1.165) is 5.69 Å². The van der Waals surface area contributed by atoms with Gasteiger partial charge >= 0.3 is 0 Å². The van der Waals surface area contributed by atoms with Crippen LogP contribution in [0.25, 0.3) is 22.5 Å². The number of hydrogen-bond acceptors (Lipinski definition) is 7. The Balaban J connectivity index is 1.36. The Morgan fingerprint density at radius 2 is 1.86 bits per heavy atom. The summed E-state index contributed by atoms with van der Waals surface area (Å²) in [4.78, 5) is 22.6. The van der Waals surface area contributed by atoms with Crippen molar-refractivity contribution in [2.45, 2.75) is 19.4 Å². The number of carbonyl (C=O) groups excluding carboxylic acids is 1. The number of carbonyl (C=O) groups is 1. The standard InChI is InChI=1S/C26H26FN5O4S/c1-17-24-21(26(33)31-11-9-30(10-12-31)19-6-4-18(27)5-7-19)15-22(23-3-2-13-36-23)28-25(24)32(29-17)20-8-14-37(34,35)16-20/h2-7,13,15,20H,8-12,14,16H2,1H3. The van der Waals surface area contributed by atoms with Crippen LogP contribution in [0.1, 0.15) is 28.5 Å². The molecule has 2 saturated heterocycles. The van der Waals surface area contributed by atoms with Gasteiger partial charge in [-0.3, -0.25) is 4.79 Å². The number of fused-ring (bicyclic) bond motifs is 1. The first-order valence-electron chi connectivity index (χ1n) is 12.2. The van der Waals surface area contributed by atoms with Gasteiger partial charge < -0.3 is 14.2 Å². The van der Waals surface area contributed by atoms with Crippen molar-refractivity contribution < 1.29 is 22.0 Å². The predicted octanol–water partition coefficient (Wildman–Crippen LogP) is 3.46. The topological polar surface area (TPSA) is 102 Å². The van der Waals surface area contributed by atoms with E-state index in [1.165, 1.54) is 12.1 Å². The number of aromatic nitrogens is 3. The lowest BCUT2D eigenvalue weighted by atomic mass is 10.1. The number of aryl methyl sites for hydroxylation is 1. The van der Waals surface area contributed by atoms with Gasteiger partial charge in [-0.15, -0.1) is 0 Å². The van der Waals surface area contributed by atoms with Crippen LogP contribution in [0.4, 0.5) is 10.1 Å². The quantitative estimate of drug-likeness (QED) is 0.404. The van der Waals surface area contributed by atoms with Gasteiger partial charge in [-0.05, 0) is 55.8 Å². The first kappa shape index (κ1) is 23.7. The number of halogens is 1. The largest absolute Gasteiger partial charge is 0.463 e. The lowest BCUT2D eigenvalue weighted by Gasteiger charge is -2.36. The molecule has 6 rings (SSSR count). The maximum Gasteiger partial charge on any atom is 0.254 e. The van der Waals surface area contributed by atoms with Gasteiger partial charge in [0, 0.05) is 31.9 Å². The van der Waals surface area contributed by atoms with Gasteiger partial charge in [0.2, 0.25) is 0 Å². The summed E-state index contributed by atoms with van der Waals surface area (Å²) in [5.41, 5.74) is 3.00. The highest BCUT2D eigenvalue weighted by Crippen LogP contribution is 2.33. The minimum Gasteiger partial charge on any atom is -0.463 e. The highest BCUT2D eigenvalue weighted by Gasteiger charge is 2.33. The monoisotopic (exact) mass is 523 g/mol. The second-order valence-corrected chi connectivity index (χ2v) is 11.8. The predicted molar refractivity (Wildman–Crippen MR) is 137 cm³/mol. The van der Waals surface area contributed by atoms with Crippen LogP contribution in [0.2, 0.25) is 0 Å². The summed E-state index contributed by atoms with van der Waals surface area (Å²) in [6, 6.07) is 11.3. The molecule has 9 nitrogen and oxygen atoms in total. The van der Waals surface area contributed by atoms with Crippen LogP contribution < -0.4 is 4.90 Å². The molecule has 11 heteroatoms. The van der Waals surface area contributed by atoms with Gasteiger partial charge in [-0.2, -0.15) is 5.10 Å². The number of rotatable bonds is 4. The number of nitrogens with zero attached hydrogens (tertiary/aromatic N) is 5. The lowest BCUT2D eigenvalue weighted by molar-refractivity contribution is 0.0748. The lowest BCUT2D eigenvalue weighted by Crippen LogP contribution is -2.48. The van der Waals surface area contributed by atoms with Gasteiger partial charge in [0.1, 0.15) is 11.5 Å². The summed E-state index contributed by atoms with van der Waals surface area (Å²) in [6.07, 6.45) is 2.00. The zero-order valence-electron chi connectivity index (χ0n) is 20.3. The maximum atomic E-state index is 13.9. The average molecular weight is 524 g/mol. The van der Waals surface area contributed by atoms with Crippen molar-refractivity contribution in [2.24, 2.45) is 0 Å². The van der Waals surface area contributed by atoms with Crippen LogP contribution in [0, 0.1) is 12.7 Å². The fraction of sp³-hybridized carbons (Fsp3) is 0.346. The molecule has 0 spiro atoms. The summed E-state index contributed by atoms with van der Waals surface area (Å²) >= 11 is 0. The number of piperazine rings is 1. The molecule has 1 atom stereocenters. The Labute approximate surface area is 213 Å². The van der Waals surface area contributed by atoms with Gasteiger partial charge in [0.25, 0.3) is 5.91 Å². The first-order chi connectivity index (χ1) is 17.8. The van der Waals surface area contributed by atoms with Crippen molar-refractivity contribution in [3.05, 3.63) is 65.8 Å². The number of anilines is 1. The number of pyridine rings is 1. The van der Waals surface area contributed by atoms with E-state index in [1.54, 1.807) is 46.2 Å². The molecular weight excluding hydrogens is 497 g/mol. The molecule has 0 bridgehead atoms. The van der Waals surface area contributed by atoms with E-state index in [0.29, 0.717) is 66.3 Å². The SMILES string of the molecule is Cc1nn(C2CCS(=O)(=O)C2)c2nc(-c3ccco3)cc(C(=O)N3CCN(c4ccc(F)cc4)CC3)c12. The molecule has 1 unspecified atom stereocenters. The van der Waals surface area contributed by atoms with E-state index in [-0.39, 0.29) is 29.3 Å². The molecule has 3 aromatic heterocycles. The zero-order chi connectivity index (χ0) is 25.7. The van der Waals surface area contributed by atoms with Crippen molar-refractivity contribution in [2.75, 3.05) is 42.6 Å². The third-order valence-electron chi connectivity index (χ3n) is 7.15. The van der Waals surface area contributed by atoms with Gasteiger partial charge in [0.05, 0.1) is 40.5 Å². The van der Waals surface area contributed by atoms with Crippen molar-refractivity contribution in [3.8, 4) is 11.5 Å². The molecule has 1 amide bonds. The van der Waals surface area contributed by atoms with E-state index in [2.05, 4.69) is 10.00 Å². The molecule has 4 aromatic rings. The van der Waals surface area contributed by atoms with Gasteiger partial charge in [0.15, 0.2) is 21.2 Å². The summed E-state index contributed by atoms with van der Waals surface area (Å²) in [5.74, 6) is 0.213. The minimum absolute atomic E-state index is 0.00447. The normalized spacial score (nSPS) is 19.6. The molecule has 0 radical (unpaired) electrons. The van der Waals surface area contributed by atoms with Crippen LogP contribution in [0.15, 0.2) is 53.1 Å². The van der Waals surface area contributed by atoms with Crippen molar-refractivity contribution >= 4 is 32.5 Å². The van der Waals surface area contributed by atoms with E-state index < -0.39 is 9.84 Å². The fourth-order valence-electron chi connectivity index (χ4n) is 5.25. The van der Waals surface area contributed by atoms with Crippen molar-refractivity contribution in [3.63, 3.8) is 0 Å². The number of benzene rings is 1. The maximum absolute atomic E-state index is 13.9. The van der Waals surface area contributed by atoms with E-state index in [4.69, 9.17) is 9.40 Å². The van der Waals surface area contributed by atoms with Crippen LogP contribution >= 0.6 is 0 Å². The zero-order valence-corrected chi connectivity index (χ0v) is 21.1. The van der Waals surface area contributed by atoms with E-state index in [9.17, 15) is 17.6 Å². The highest BCUT2D eigenvalue weighted by atomic mass is 32.2. The van der Waals surface area contributed by atoms with Crippen LogP contribution in [0.3, 0.4) is 0 Å². The Hall–Kier alpha value is -3.73. The Morgan fingerprint density at radius 1 is 1.11 bits per heavy atom. The summed E-state index contributed by atoms with van der Waals surface area (Å²) in [6.45, 7) is 4.07. The number of furan rings is 1. The van der Waals surface area contributed by atoms with Crippen LogP contribution in [0.5, 0.6) is 0 Å². The average Bonchev–Trinajstić information content (AvgIpc) is 3.63. The summed E-state index contributed by atoms with van der Waals surface area (Å²) < 4.78 is 44.9. The molecule has 2 aliphatic heterocycles. The summed E-state index contributed by atoms with van der Waals surface area (Å²) in [7, 11) is -3.14. The molecule has 192 valence electrons. The van der Waals surface area contributed by atoms with E-state index >= 15 is 0 Å². The minimum atomic E-state index is -3.14. The Bertz CT molecular complexity index is 1570. The van der Waals surface area contributed by atoms with Crippen molar-refractivity contribution in [1.29, 1.82) is 0 Å². The van der Waals surface area contributed by atoms with Crippen LogP contribution in [-0.4, -0.2) is 71.7 Å². The number of sulfone groups is 1. The Morgan fingerprint density at radius 3 is 2.51 bits per heavy atom. The third-order valence-corrected chi connectivity index (χ3v) is 8.90. The summed E-state index contributed by atoms with van der Waals surface area (Å²) in [5, 5.41) is 5.29. The third kappa shape index (κ3) is 4.37. The van der Waals surface area contributed by atoms with E-state index in [1.807, 2.05) is 6.92 Å². The molecule has 2 fully saturated rings. The molecule has 0 N–H and O–H groups in total. The fourth-order valence-corrected chi connectivity index (χ4v) is 6.94. The molecule has 2 aliphatic rings. The Kier molecular flexibility index (Phi) is 5.74. The second-order valence-electron chi connectivity index (χ2n) is 9.57. The molecular formula is C26H26FN5O4S. The molecule has 0 aliphatic carbocycles. The molecule has 37 heavy (non-hydrogen) atoms. The molecule has 5 heterocycles. The first-order valence-corrected chi connectivity index (χ1v) is 14.1. The van der Waals surface area contributed by atoms with Gasteiger partial charge in [-0.25, -0.2) is 22.5 Å². The molecule has 1 aromatic carbocycles. The van der Waals surface area contributed by atoms with Crippen molar-refractivity contribution in [1.82, 2.24) is 19.7 Å². The number of amides is 1.